The number of alkyl halides is 3. The van der Waals surface area contributed by atoms with Crippen LogP contribution in [0, 0.1) is 0 Å². The van der Waals surface area contributed by atoms with Crippen LogP contribution in [-0.2, 0) is 17.3 Å². The van der Waals surface area contributed by atoms with Crippen molar-refractivity contribution in [3.05, 3.63) is 35.4 Å². The van der Waals surface area contributed by atoms with Crippen molar-refractivity contribution in [1.29, 1.82) is 0 Å². The van der Waals surface area contributed by atoms with Crippen LogP contribution in [0.2, 0.25) is 0 Å². The quantitative estimate of drug-likeness (QED) is 0.712. The maximum absolute atomic E-state index is 12.8. The highest BCUT2D eigenvalue weighted by Gasteiger charge is 2.30. The van der Waals surface area contributed by atoms with Crippen LogP contribution in [0.15, 0.2) is 24.3 Å². The van der Waals surface area contributed by atoms with Gasteiger partial charge in [0.05, 0.1) is 5.56 Å². The number of rotatable bonds is 7. The second kappa shape index (κ2) is 9.08. The Hall–Kier alpha value is -1.76. The van der Waals surface area contributed by atoms with E-state index in [1.54, 1.807) is 26.8 Å². The van der Waals surface area contributed by atoms with E-state index in [-0.39, 0.29) is 19.1 Å². The maximum atomic E-state index is 12.8. The van der Waals surface area contributed by atoms with Crippen molar-refractivity contribution in [2.45, 2.75) is 64.3 Å². The molecule has 1 aromatic rings. The van der Waals surface area contributed by atoms with Crippen molar-refractivity contribution in [2.24, 2.45) is 0 Å². The third-order valence-corrected chi connectivity index (χ3v) is 3.42. The predicted molar refractivity (Wildman–Crippen MR) is 89.2 cm³/mol. The first-order chi connectivity index (χ1) is 11.5. The number of hydrogen-bond acceptors (Lipinski definition) is 3. The molecule has 0 aliphatic rings. The Kier molecular flexibility index (Phi) is 7.73. The van der Waals surface area contributed by atoms with Gasteiger partial charge in [-0.25, -0.2) is 4.79 Å². The highest BCUT2D eigenvalue weighted by molar-refractivity contribution is 5.68. The normalized spacial score (nSPS) is 13.4. The van der Waals surface area contributed by atoms with E-state index in [9.17, 15) is 18.0 Å². The lowest BCUT2D eigenvalue weighted by molar-refractivity contribution is -0.137. The zero-order valence-corrected chi connectivity index (χ0v) is 14.8. The molecule has 1 atom stereocenters. The van der Waals surface area contributed by atoms with Gasteiger partial charge in [0.25, 0.3) is 0 Å². The lowest BCUT2D eigenvalue weighted by Crippen LogP contribution is -2.40. The third-order valence-electron chi connectivity index (χ3n) is 3.42. The molecule has 0 fully saturated rings. The Balaban J connectivity index is 2.81. The molecule has 0 saturated heterocycles. The zero-order chi connectivity index (χ0) is 19.1. The average Bonchev–Trinajstić information content (AvgIpc) is 2.44. The lowest BCUT2D eigenvalue weighted by Gasteiger charge is -2.24. The number of unbranched alkanes of at least 4 members (excludes halogenated alkanes) is 1. The van der Waals surface area contributed by atoms with Crippen molar-refractivity contribution in [3.8, 4) is 0 Å². The molecule has 1 amide bonds. The van der Waals surface area contributed by atoms with E-state index in [0.29, 0.717) is 24.8 Å². The van der Waals surface area contributed by atoms with Crippen LogP contribution in [0.3, 0.4) is 0 Å². The second-order valence-corrected chi connectivity index (χ2v) is 6.96. The van der Waals surface area contributed by atoms with Gasteiger partial charge in [0, 0.05) is 12.6 Å². The maximum Gasteiger partial charge on any atom is 0.416 e. The molecule has 1 unspecified atom stereocenters. The zero-order valence-electron chi connectivity index (χ0n) is 14.8. The first-order valence-electron chi connectivity index (χ1n) is 8.28. The van der Waals surface area contributed by atoms with Gasteiger partial charge in [-0.3, -0.25) is 0 Å². The molecule has 1 rings (SSSR count). The van der Waals surface area contributed by atoms with E-state index in [1.165, 1.54) is 6.07 Å². The van der Waals surface area contributed by atoms with Crippen molar-refractivity contribution in [2.75, 3.05) is 6.61 Å². The minimum Gasteiger partial charge on any atom is -0.444 e. The van der Waals surface area contributed by atoms with Crippen LogP contribution >= 0.6 is 0 Å². The predicted octanol–water partition coefficient (Wildman–Crippen LogP) is 4.30. The van der Waals surface area contributed by atoms with E-state index in [2.05, 4.69) is 5.32 Å². The van der Waals surface area contributed by atoms with Crippen LogP contribution in [0.4, 0.5) is 18.0 Å². The van der Waals surface area contributed by atoms with E-state index in [4.69, 9.17) is 9.84 Å². The van der Waals surface area contributed by atoms with Crippen LogP contribution in [0.1, 0.15) is 51.2 Å². The summed E-state index contributed by atoms with van der Waals surface area (Å²) in [5.41, 5.74) is -0.882. The van der Waals surface area contributed by atoms with Crippen molar-refractivity contribution < 1.29 is 27.8 Å². The number of carbonyl (C=O) groups is 1. The first kappa shape index (κ1) is 21.3. The Morgan fingerprint density at radius 1 is 1.24 bits per heavy atom. The lowest BCUT2D eigenvalue weighted by atomic mass is 9.99. The fourth-order valence-corrected chi connectivity index (χ4v) is 2.36. The van der Waals surface area contributed by atoms with Gasteiger partial charge < -0.3 is 15.2 Å². The summed E-state index contributed by atoms with van der Waals surface area (Å²) in [5, 5.41) is 11.6. The van der Waals surface area contributed by atoms with Crippen LogP contribution < -0.4 is 5.32 Å². The van der Waals surface area contributed by atoms with Gasteiger partial charge in [0.1, 0.15) is 5.60 Å². The van der Waals surface area contributed by atoms with Gasteiger partial charge in [-0.1, -0.05) is 18.2 Å². The van der Waals surface area contributed by atoms with Crippen molar-refractivity contribution >= 4 is 6.09 Å². The summed E-state index contributed by atoms with van der Waals surface area (Å²) in [4.78, 5) is 12.0. The minimum atomic E-state index is -4.40. The molecule has 7 heteroatoms. The molecule has 0 heterocycles. The number of carbonyl (C=O) groups excluding carboxylic acids is 1. The molecule has 0 bridgehead atoms. The molecule has 0 spiro atoms. The van der Waals surface area contributed by atoms with E-state index >= 15 is 0 Å². The summed E-state index contributed by atoms with van der Waals surface area (Å²) < 4.78 is 43.7. The number of ether oxygens (including phenoxy) is 1. The minimum absolute atomic E-state index is 0.0305. The second-order valence-electron chi connectivity index (χ2n) is 6.96. The molecule has 0 aliphatic heterocycles. The highest BCUT2D eigenvalue weighted by atomic mass is 19.4. The number of aliphatic hydroxyl groups excluding tert-OH is 1. The van der Waals surface area contributed by atoms with Crippen LogP contribution in [-0.4, -0.2) is 29.4 Å². The Morgan fingerprint density at radius 3 is 2.48 bits per heavy atom. The number of halogens is 3. The summed E-state index contributed by atoms with van der Waals surface area (Å²) in [6.07, 6.45) is -3.00. The molecule has 142 valence electrons. The van der Waals surface area contributed by atoms with Crippen molar-refractivity contribution in [1.82, 2.24) is 5.32 Å². The van der Waals surface area contributed by atoms with Gasteiger partial charge >= 0.3 is 12.3 Å². The highest BCUT2D eigenvalue weighted by Crippen LogP contribution is 2.29. The average molecular weight is 361 g/mol. The SMILES string of the molecule is CC(C)(C)OC(=O)NC(CCCCO)Cc1cccc(C(F)(F)F)c1. The van der Waals surface area contributed by atoms with Crippen molar-refractivity contribution in [3.63, 3.8) is 0 Å². The fourth-order valence-electron chi connectivity index (χ4n) is 2.36. The van der Waals surface area contributed by atoms with Gasteiger partial charge in [-0.2, -0.15) is 13.2 Å². The van der Waals surface area contributed by atoms with Crippen LogP contribution in [0.5, 0.6) is 0 Å². The Bertz CT molecular complexity index is 553. The van der Waals surface area contributed by atoms with Gasteiger partial charge in [-0.15, -0.1) is 0 Å². The summed E-state index contributed by atoms with van der Waals surface area (Å²) in [6.45, 7) is 5.24. The molecule has 2 N–H and O–H groups in total. The molecule has 0 saturated carbocycles. The van der Waals surface area contributed by atoms with Gasteiger partial charge in [0.2, 0.25) is 0 Å². The monoisotopic (exact) mass is 361 g/mol. The molecule has 25 heavy (non-hydrogen) atoms. The number of hydrogen-bond donors (Lipinski definition) is 2. The molecule has 0 aromatic heterocycles. The number of alkyl carbamates (subject to hydrolysis) is 1. The summed E-state index contributed by atoms with van der Waals surface area (Å²) in [5.74, 6) is 0. The topological polar surface area (TPSA) is 58.6 Å². The fraction of sp³-hybridized carbons (Fsp3) is 0.611. The molecule has 0 radical (unpaired) electrons. The Labute approximate surface area is 146 Å². The molecule has 4 nitrogen and oxygen atoms in total. The molecule has 1 aromatic carbocycles. The van der Waals surface area contributed by atoms with E-state index in [1.807, 2.05) is 0 Å². The molecular formula is C18H26F3NO3. The first-order valence-corrected chi connectivity index (χ1v) is 8.28. The smallest absolute Gasteiger partial charge is 0.416 e. The summed E-state index contributed by atoms with van der Waals surface area (Å²) in [6, 6.07) is 4.70. The standard InChI is InChI=1S/C18H26F3NO3/c1-17(2,3)25-16(24)22-15(9-4-5-10-23)12-13-7-6-8-14(11-13)18(19,20)21/h6-8,11,15,23H,4-5,9-10,12H2,1-3H3,(H,22,24). The third kappa shape index (κ3) is 8.77. The number of benzene rings is 1. The summed E-state index contributed by atoms with van der Waals surface area (Å²) in [7, 11) is 0. The van der Waals surface area contributed by atoms with Crippen LogP contribution in [0.25, 0.3) is 0 Å². The Morgan fingerprint density at radius 2 is 1.92 bits per heavy atom. The molecular weight excluding hydrogens is 335 g/mol. The van der Waals surface area contributed by atoms with Gasteiger partial charge in [0.15, 0.2) is 0 Å². The summed E-state index contributed by atoms with van der Waals surface area (Å²) >= 11 is 0. The number of aliphatic hydroxyl groups is 1. The number of nitrogens with one attached hydrogen (secondary N) is 1. The van der Waals surface area contributed by atoms with E-state index < -0.39 is 23.4 Å². The van der Waals surface area contributed by atoms with E-state index in [0.717, 1.165) is 12.1 Å². The van der Waals surface area contributed by atoms with Gasteiger partial charge in [-0.05, 0) is 58.1 Å². The number of amides is 1. The largest absolute Gasteiger partial charge is 0.444 e. The molecule has 0 aliphatic carbocycles.